The van der Waals surface area contributed by atoms with Gasteiger partial charge in [-0.05, 0) is 23.1 Å². The maximum Gasteiger partial charge on any atom is 0.0786 e. The Hall–Kier alpha value is -2.67. The molecule has 0 N–H and O–H groups in total. The normalized spacial score (nSPS) is 11.0. The molecule has 93 valence electrons. The number of pyridine rings is 1. The van der Waals surface area contributed by atoms with Gasteiger partial charge in [0.25, 0.3) is 0 Å². The molecular weight excluding hydrogens is 242 g/mol. The van der Waals surface area contributed by atoms with Crippen molar-refractivity contribution in [3.8, 4) is 11.1 Å². The molecular formula is C19H12N. The third-order valence-corrected chi connectivity index (χ3v) is 3.64. The topological polar surface area (TPSA) is 12.9 Å². The fourth-order valence-corrected chi connectivity index (χ4v) is 2.68. The molecule has 1 nitrogen and oxygen atoms in total. The van der Waals surface area contributed by atoms with Crippen molar-refractivity contribution in [3.05, 3.63) is 79.0 Å². The van der Waals surface area contributed by atoms with Gasteiger partial charge in [-0.3, -0.25) is 4.98 Å². The highest BCUT2D eigenvalue weighted by molar-refractivity contribution is 6.09. The predicted molar refractivity (Wildman–Crippen MR) is 83.5 cm³/mol. The molecule has 0 atom stereocenters. The first-order chi connectivity index (χ1) is 9.93. The third kappa shape index (κ3) is 1.68. The monoisotopic (exact) mass is 254 g/mol. The van der Waals surface area contributed by atoms with Gasteiger partial charge in [0.15, 0.2) is 0 Å². The van der Waals surface area contributed by atoms with Crippen LogP contribution in [0.15, 0.2) is 72.9 Å². The molecule has 1 radical (unpaired) electrons. The fraction of sp³-hybridized carbons (Fsp3) is 0. The molecule has 0 saturated carbocycles. The van der Waals surface area contributed by atoms with Crippen molar-refractivity contribution in [1.29, 1.82) is 0 Å². The molecule has 1 heteroatoms. The van der Waals surface area contributed by atoms with Crippen LogP contribution in [0.5, 0.6) is 0 Å². The minimum atomic E-state index is 1.05. The number of benzene rings is 3. The maximum absolute atomic E-state index is 4.67. The molecule has 4 aromatic rings. The second-order valence-electron chi connectivity index (χ2n) is 4.84. The van der Waals surface area contributed by atoms with E-state index >= 15 is 0 Å². The van der Waals surface area contributed by atoms with Crippen molar-refractivity contribution in [3.63, 3.8) is 0 Å². The highest BCUT2D eigenvalue weighted by atomic mass is 14.7. The summed E-state index contributed by atoms with van der Waals surface area (Å²) in [6, 6.07) is 25.9. The lowest BCUT2D eigenvalue weighted by Gasteiger charge is -2.08. The summed E-state index contributed by atoms with van der Waals surface area (Å²) in [4.78, 5) is 4.67. The summed E-state index contributed by atoms with van der Waals surface area (Å²) in [6.07, 6.45) is 1.95. The predicted octanol–water partition coefficient (Wildman–Crippen LogP) is 4.86. The van der Waals surface area contributed by atoms with E-state index in [-0.39, 0.29) is 0 Å². The average Bonchev–Trinajstić information content (AvgIpc) is 2.55. The molecule has 0 spiro atoms. The minimum Gasteiger partial charge on any atom is -0.255 e. The van der Waals surface area contributed by atoms with Crippen LogP contribution in [-0.4, -0.2) is 4.98 Å². The highest BCUT2D eigenvalue weighted by Crippen LogP contribution is 2.30. The Morgan fingerprint density at radius 1 is 0.800 bits per heavy atom. The van der Waals surface area contributed by atoms with Crippen molar-refractivity contribution in [2.45, 2.75) is 0 Å². The smallest absolute Gasteiger partial charge is 0.0786 e. The summed E-state index contributed by atoms with van der Waals surface area (Å²) >= 11 is 0. The van der Waals surface area contributed by atoms with Crippen LogP contribution in [0, 0.1) is 6.07 Å². The number of hydrogen-bond acceptors (Lipinski definition) is 1. The number of rotatable bonds is 1. The Bertz CT molecular complexity index is 895. The Labute approximate surface area is 117 Å². The molecule has 0 fully saturated rings. The van der Waals surface area contributed by atoms with Crippen molar-refractivity contribution < 1.29 is 0 Å². The van der Waals surface area contributed by atoms with E-state index in [0.717, 1.165) is 16.6 Å². The molecule has 1 heterocycles. The lowest BCUT2D eigenvalue weighted by Crippen LogP contribution is -1.86. The Morgan fingerprint density at radius 3 is 2.60 bits per heavy atom. The van der Waals surface area contributed by atoms with Crippen LogP contribution < -0.4 is 0 Å². The molecule has 0 aliphatic carbocycles. The first-order valence-electron chi connectivity index (χ1n) is 6.66. The second-order valence-corrected chi connectivity index (χ2v) is 4.84. The average molecular weight is 254 g/mol. The van der Waals surface area contributed by atoms with E-state index in [0.29, 0.717) is 0 Å². The summed E-state index contributed by atoms with van der Waals surface area (Å²) in [5.41, 5.74) is 3.36. The van der Waals surface area contributed by atoms with Crippen LogP contribution in [0.3, 0.4) is 0 Å². The lowest BCUT2D eigenvalue weighted by molar-refractivity contribution is 1.44. The van der Waals surface area contributed by atoms with Gasteiger partial charge >= 0.3 is 0 Å². The number of nitrogens with zero attached hydrogens (tertiary/aromatic N) is 1. The first-order valence-corrected chi connectivity index (χ1v) is 6.66. The third-order valence-electron chi connectivity index (χ3n) is 3.64. The van der Waals surface area contributed by atoms with E-state index in [2.05, 4.69) is 53.5 Å². The van der Waals surface area contributed by atoms with E-state index in [9.17, 15) is 0 Å². The molecule has 3 aromatic carbocycles. The molecule has 0 aliphatic heterocycles. The minimum absolute atomic E-state index is 1.05. The van der Waals surface area contributed by atoms with E-state index in [1.807, 2.05) is 30.5 Å². The van der Waals surface area contributed by atoms with Gasteiger partial charge < -0.3 is 0 Å². The fourth-order valence-electron chi connectivity index (χ4n) is 2.68. The Morgan fingerprint density at radius 2 is 1.70 bits per heavy atom. The summed E-state index contributed by atoms with van der Waals surface area (Å²) < 4.78 is 0. The van der Waals surface area contributed by atoms with Gasteiger partial charge in [0.1, 0.15) is 0 Å². The number of hydrogen-bond donors (Lipinski definition) is 0. The van der Waals surface area contributed by atoms with Crippen LogP contribution in [0.25, 0.3) is 32.8 Å². The molecule has 0 amide bonds. The second kappa shape index (κ2) is 4.46. The van der Waals surface area contributed by atoms with E-state index in [4.69, 9.17) is 0 Å². The van der Waals surface area contributed by atoms with Gasteiger partial charge in [0.05, 0.1) is 5.52 Å². The van der Waals surface area contributed by atoms with Crippen LogP contribution in [-0.2, 0) is 0 Å². The maximum atomic E-state index is 4.67. The summed E-state index contributed by atoms with van der Waals surface area (Å²) in [7, 11) is 0. The zero-order chi connectivity index (χ0) is 13.4. The number of para-hydroxylation sites is 1. The van der Waals surface area contributed by atoms with Gasteiger partial charge in [-0.1, -0.05) is 60.7 Å². The van der Waals surface area contributed by atoms with Gasteiger partial charge in [-0.2, -0.15) is 0 Å². The van der Waals surface area contributed by atoms with Crippen LogP contribution in [0.1, 0.15) is 0 Å². The highest BCUT2D eigenvalue weighted by Gasteiger charge is 2.07. The first kappa shape index (κ1) is 11.2. The van der Waals surface area contributed by atoms with Crippen LogP contribution >= 0.6 is 0 Å². The van der Waals surface area contributed by atoms with Crippen molar-refractivity contribution in [2.24, 2.45) is 0 Å². The Balaban J connectivity index is 2.12. The molecule has 0 saturated heterocycles. The van der Waals surface area contributed by atoms with Gasteiger partial charge in [-0.15, -0.1) is 0 Å². The molecule has 0 unspecified atom stereocenters. The van der Waals surface area contributed by atoms with E-state index < -0.39 is 0 Å². The van der Waals surface area contributed by atoms with E-state index in [1.54, 1.807) is 0 Å². The van der Waals surface area contributed by atoms with Crippen molar-refractivity contribution in [2.75, 3.05) is 0 Å². The van der Waals surface area contributed by atoms with Crippen molar-refractivity contribution in [1.82, 2.24) is 4.98 Å². The quantitative estimate of drug-likeness (QED) is 0.442. The molecule has 0 aliphatic rings. The van der Waals surface area contributed by atoms with Crippen LogP contribution in [0.4, 0.5) is 0 Å². The lowest BCUT2D eigenvalue weighted by atomic mass is 9.99. The van der Waals surface area contributed by atoms with Crippen LogP contribution in [0.2, 0.25) is 0 Å². The van der Waals surface area contributed by atoms with Gasteiger partial charge in [-0.25, -0.2) is 0 Å². The standard InChI is InChI=1S/C19H12N/c1-2-7-14(8-3-1)17-11-6-12-18-16-10-5-4-9-15(16)13-20-19(17)18/h1-2,4-13H. The summed E-state index contributed by atoms with van der Waals surface area (Å²) in [5, 5.41) is 3.63. The summed E-state index contributed by atoms with van der Waals surface area (Å²) in [5.74, 6) is 0. The molecule has 20 heavy (non-hydrogen) atoms. The Kier molecular flexibility index (Phi) is 2.49. The van der Waals surface area contributed by atoms with Gasteiger partial charge in [0, 0.05) is 22.5 Å². The zero-order valence-corrected chi connectivity index (χ0v) is 10.9. The van der Waals surface area contributed by atoms with Gasteiger partial charge in [0.2, 0.25) is 0 Å². The largest absolute Gasteiger partial charge is 0.255 e. The SMILES string of the molecule is [c]1cccc(-c2cccc3c2ncc2ccccc23)c1. The number of aromatic nitrogens is 1. The van der Waals surface area contributed by atoms with Crippen molar-refractivity contribution >= 4 is 21.7 Å². The molecule has 0 bridgehead atoms. The molecule has 4 rings (SSSR count). The number of fused-ring (bicyclic) bond motifs is 3. The zero-order valence-electron chi connectivity index (χ0n) is 10.9. The summed E-state index contributed by atoms with van der Waals surface area (Å²) in [6.45, 7) is 0. The van der Waals surface area contributed by atoms with E-state index in [1.165, 1.54) is 16.2 Å². The molecule has 1 aromatic heterocycles.